The van der Waals surface area contributed by atoms with Gasteiger partial charge in [0.2, 0.25) is 23.5 Å². The number of oxazole rings is 1. The number of piperidine rings is 1. The molecular weight excluding hydrogens is 426 g/mol. The van der Waals surface area contributed by atoms with Crippen molar-refractivity contribution in [3.8, 4) is 11.4 Å². The van der Waals surface area contributed by atoms with Gasteiger partial charge < -0.3 is 8.94 Å². The Morgan fingerprint density at radius 3 is 2.72 bits per heavy atom. The number of nitrogens with zero attached hydrogens (tertiary/aromatic N) is 3. The second-order valence-corrected chi connectivity index (χ2v) is 7.32. The molecule has 5 rings (SSSR count). The first kappa shape index (κ1) is 19.8. The molecule has 1 aliphatic rings. The van der Waals surface area contributed by atoms with Gasteiger partial charge in [-0.1, -0.05) is 11.2 Å². The number of hydrogen-bond acceptors (Lipinski definition) is 7. The standard InChI is InChI=1S/C21H14F2N4O5/c22-12-3-2-11(9-13(12)23)19-25-18(32-26-19)8-10-1-5-16-15(7-10)27(21(30)31-16)14-4-6-17(28)24-20(14)29/h1-3,5,7,9,14H,4,6,8H2,(H,24,28,29). The fourth-order valence-electron chi connectivity index (χ4n) is 3.67. The van der Waals surface area contributed by atoms with Crippen molar-refractivity contribution in [2.45, 2.75) is 25.3 Å². The molecule has 4 aromatic rings. The molecule has 1 atom stereocenters. The minimum absolute atomic E-state index is 0.101. The zero-order valence-electron chi connectivity index (χ0n) is 16.3. The van der Waals surface area contributed by atoms with Crippen molar-refractivity contribution in [2.75, 3.05) is 0 Å². The molecule has 9 nitrogen and oxygen atoms in total. The van der Waals surface area contributed by atoms with Crippen LogP contribution in [0.4, 0.5) is 8.78 Å². The molecule has 11 heteroatoms. The first-order valence-corrected chi connectivity index (χ1v) is 9.65. The van der Waals surface area contributed by atoms with Gasteiger partial charge in [0, 0.05) is 12.0 Å². The summed E-state index contributed by atoms with van der Waals surface area (Å²) in [6, 6.07) is 7.36. The third-order valence-electron chi connectivity index (χ3n) is 5.20. The smallest absolute Gasteiger partial charge is 0.408 e. The van der Waals surface area contributed by atoms with Crippen LogP contribution >= 0.6 is 0 Å². The van der Waals surface area contributed by atoms with E-state index in [1.807, 2.05) is 0 Å². The summed E-state index contributed by atoms with van der Waals surface area (Å²) in [6.45, 7) is 0. The summed E-state index contributed by atoms with van der Waals surface area (Å²) in [5, 5.41) is 6.02. The highest BCUT2D eigenvalue weighted by molar-refractivity contribution is 6.00. The molecule has 0 bridgehead atoms. The lowest BCUT2D eigenvalue weighted by Crippen LogP contribution is -2.43. The van der Waals surface area contributed by atoms with Gasteiger partial charge in [-0.3, -0.25) is 19.5 Å². The van der Waals surface area contributed by atoms with E-state index in [1.165, 1.54) is 10.6 Å². The Morgan fingerprint density at radius 2 is 1.94 bits per heavy atom. The summed E-state index contributed by atoms with van der Waals surface area (Å²) in [5.41, 5.74) is 1.62. The van der Waals surface area contributed by atoms with Gasteiger partial charge in [0.15, 0.2) is 17.2 Å². The average molecular weight is 440 g/mol. The van der Waals surface area contributed by atoms with Gasteiger partial charge in [-0.25, -0.2) is 13.6 Å². The summed E-state index contributed by atoms with van der Waals surface area (Å²) in [7, 11) is 0. The Bertz CT molecular complexity index is 1440. The zero-order valence-corrected chi connectivity index (χ0v) is 16.3. The number of nitrogens with one attached hydrogen (secondary N) is 1. The van der Waals surface area contributed by atoms with E-state index >= 15 is 0 Å². The molecule has 162 valence electrons. The first-order chi connectivity index (χ1) is 15.4. The van der Waals surface area contributed by atoms with Crippen molar-refractivity contribution in [2.24, 2.45) is 0 Å². The van der Waals surface area contributed by atoms with E-state index in [2.05, 4.69) is 15.5 Å². The fraction of sp³-hybridized carbons (Fsp3) is 0.190. The molecule has 1 aliphatic heterocycles. The summed E-state index contributed by atoms with van der Waals surface area (Å²) < 4.78 is 38.3. The highest BCUT2D eigenvalue weighted by Crippen LogP contribution is 2.25. The first-order valence-electron chi connectivity index (χ1n) is 9.65. The molecule has 1 N–H and O–H groups in total. The van der Waals surface area contributed by atoms with Crippen LogP contribution in [-0.2, 0) is 16.0 Å². The van der Waals surface area contributed by atoms with E-state index < -0.39 is 29.3 Å². The lowest BCUT2D eigenvalue weighted by molar-refractivity contribution is -0.135. The molecule has 1 saturated heterocycles. The number of benzene rings is 2. The SMILES string of the molecule is O=C1CCC(n2c(=O)oc3ccc(Cc4nc(-c5ccc(F)c(F)c5)no4)cc32)C(=O)N1. The Hall–Kier alpha value is -4.15. The summed E-state index contributed by atoms with van der Waals surface area (Å²) in [5.74, 6) is -3.35. The molecule has 3 heterocycles. The topological polar surface area (TPSA) is 120 Å². The average Bonchev–Trinajstić information content (AvgIpc) is 3.34. The Balaban J connectivity index is 1.45. The van der Waals surface area contributed by atoms with Gasteiger partial charge in [-0.05, 0) is 42.3 Å². The van der Waals surface area contributed by atoms with E-state index in [-0.39, 0.29) is 48.0 Å². The number of imide groups is 1. The van der Waals surface area contributed by atoms with Crippen molar-refractivity contribution in [3.05, 3.63) is 70.0 Å². The number of aromatic nitrogens is 3. The Labute approximate surface area is 177 Å². The van der Waals surface area contributed by atoms with Crippen LogP contribution in [0, 0.1) is 11.6 Å². The molecule has 1 unspecified atom stereocenters. The molecule has 0 radical (unpaired) electrons. The Morgan fingerprint density at radius 1 is 1.09 bits per heavy atom. The van der Waals surface area contributed by atoms with E-state index in [4.69, 9.17) is 8.94 Å². The molecule has 0 aliphatic carbocycles. The largest absolute Gasteiger partial charge is 0.420 e. The predicted molar refractivity (Wildman–Crippen MR) is 104 cm³/mol. The highest BCUT2D eigenvalue weighted by atomic mass is 19.2. The molecule has 1 fully saturated rings. The molecule has 32 heavy (non-hydrogen) atoms. The maximum Gasteiger partial charge on any atom is 0.420 e. The summed E-state index contributed by atoms with van der Waals surface area (Å²) >= 11 is 0. The molecule has 0 spiro atoms. The van der Waals surface area contributed by atoms with Crippen LogP contribution in [0.25, 0.3) is 22.5 Å². The van der Waals surface area contributed by atoms with Crippen LogP contribution in [-0.4, -0.2) is 26.5 Å². The summed E-state index contributed by atoms with van der Waals surface area (Å²) in [6.07, 6.45) is 0.482. The lowest BCUT2D eigenvalue weighted by atomic mass is 10.1. The zero-order chi connectivity index (χ0) is 22.4. The maximum atomic E-state index is 13.5. The van der Waals surface area contributed by atoms with Gasteiger partial charge in [-0.15, -0.1) is 0 Å². The number of rotatable bonds is 4. The van der Waals surface area contributed by atoms with Crippen LogP contribution in [0.15, 0.2) is 50.1 Å². The Kier molecular flexibility index (Phi) is 4.65. The molecule has 2 aromatic carbocycles. The molecule has 2 amide bonds. The van der Waals surface area contributed by atoms with Crippen molar-refractivity contribution in [3.63, 3.8) is 0 Å². The minimum atomic E-state index is -1.02. The van der Waals surface area contributed by atoms with Gasteiger partial charge in [0.25, 0.3) is 0 Å². The fourth-order valence-corrected chi connectivity index (χ4v) is 3.67. The molecular formula is C21H14F2N4O5. The van der Waals surface area contributed by atoms with Crippen LogP contribution in [0.3, 0.4) is 0 Å². The van der Waals surface area contributed by atoms with Crippen molar-refractivity contribution in [1.29, 1.82) is 0 Å². The van der Waals surface area contributed by atoms with E-state index in [0.717, 1.165) is 12.1 Å². The van der Waals surface area contributed by atoms with Crippen LogP contribution < -0.4 is 11.1 Å². The summed E-state index contributed by atoms with van der Waals surface area (Å²) in [4.78, 5) is 40.3. The third-order valence-corrected chi connectivity index (χ3v) is 5.20. The molecule has 0 saturated carbocycles. The number of hydrogen-bond donors (Lipinski definition) is 1. The lowest BCUT2D eigenvalue weighted by Gasteiger charge is -2.21. The van der Waals surface area contributed by atoms with E-state index in [9.17, 15) is 23.2 Å². The number of carbonyl (C=O) groups is 2. The van der Waals surface area contributed by atoms with Crippen molar-refractivity contribution >= 4 is 22.9 Å². The van der Waals surface area contributed by atoms with Crippen LogP contribution in [0.5, 0.6) is 0 Å². The van der Waals surface area contributed by atoms with Gasteiger partial charge in [0.05, 0.1) is 11.9 Å². The van der Waals surface area contributed by atoms with Crippen molar-refractivity contribution in [1.82, 2.24) is 20.0 Å². The molecule has 2 aromatic heterocycles. The number of carbonyl (C=O) groups excluding carboxylic acids is 2. The minimum Gasteiger partial charge on any atom is -0.408 e. The predicted octanol–water partition coefficient (Wildman–Crippen LogP) is 2.49. The second kappa shape index (κ2) is 7.52. The number of fused-ring (bicyclic) bond motifs is 1. The van der Waals surface area contributed by atoms with Gasteiger partial charge in [-0.2, -0.15) is 4.98 Å². The van der Waals surface area contributed by atoms with E-state index in [0.29, 0.717) is 11.1 Å². The monoisotopic (exact) mass is 440 g/mol. The van der Waals surface area contributed by atoms with Gasteiger partial charge in [0.1, 0.15) is 6.04 Å². The van der Waals surface area contributed by atoms with E-state index in [1.54, 1.807) is 18.2 Å². The maximum absolute atomic E-state index is 13.5. The van der Waals surface area contributed by atoms with Gasteiger partial charge >= 0.3 is 5.76 Å². The quantitative estimate of drug-likeness (QED) is 0.484. The van der Waals surface area contributed by atoms with Crippen molar-refractivity contribution < 1.29 is 27.3 Å². The second-order valence-electron chi connectivity index (χ2n) is 7.32. The highest BCUT2D eigenvalue weighted by Gasteiger charge is 2.31. The number of halogens is 2. The third kappa shape index (κ3) is 3.47. The van der Waals surface area contributed by atoms with Crippen LogP contribution in [0.2, 0.25) is 0 Å². The van der Waals surface area contributed by atoms with Crippen LogP contribution in [0.1, 0.15) is 30.3 Å². The number of amides is 2. The normalized spacial score (nSPS) is 16.5.